The Hall–Kier alpha value is -0.240. The van der Waals surface area contributed by atoms with Crippen LogP contribution in [0.25, 0.3) is 0 Å². The molecule has 6 heteroatoms. The van der Waals surface area contributed by atoms with E-state index in [0.717, 1.165) is 25.7 Å². The van der Waals surface area contributed by atoms with Gasteiger partial charge in [0.15, 0.2) is 6.29 Å². The van der Waals surface area contributed by atoms with Crippen LogP contribution in [0.1, 0.15) is 73.1 Å². The summed E-state index contributed by atoms with van der Waals surface area (Å²) in [5.74, 6) is -1.000. The van der Waals surface area contributed by atoms with Crippen molar-refractivity contribution in [3.63, 3.8) is 0 Å². The highest BCUT2D eigenvalue weighted by Gasteiger charge is 2.34. The molecule has 0 saturated carbocycles. The molecule has 2 atom stereocenters. The van der Waals surface area contributed by atoms with Gasteiger partial charge in [-0.2, -0.15) is 0 Å². The van der Waals surface area contributed by atoms with E-state index in [1.54, 1.807) is 7.11 Å². The highest BCUT2D eigenvalue weighted by atomic mass is 17.2. The van der Waals surface area contributed by atoms with Gasteiger partial charge in [0.1, 0.15) is 0 Å². The third-order valence-corrected chi connectivity index (χ3v) is 3.25. The molecule has 0 fully saturated rings. The lowest BCUT2D eigenvalue weighted by Crippen LogP contribution is -2.42. The van der Waals surface area contributed by atoms with Crippen molar-refractivity contribution in [3.05, 3.63) is 0 Å². The fraction of sp³-hybridized carbons (Fsp3) is 1.00. The van der Waals surface area contributed by atoms with Crippen molar-refractivity contribution in [1.29, 1.82) is 0 Å². The van der Waals surface area contributed by atoms with Gasteiger partial charge in [-0.25, -0.2) is 9.78 Å². The second-order valence-corrected chi connectivity index (χ2v) is 5.96. The predicted molar refractivity (Wildman–Crippen MR) is 93.4 cm³/mol. The summed E-state index contributed by atoms with van der Waals surface area (Å²) < 4.78 is 23.0. The maximum absolute atomic E-state index is 5.95. The van der Waals surface area contributed by atoms with E-state index in [1.807, 2.05) is 20.8 Å². The first kappa shape index (κ1) is 23.8. The van der Waals surface area contributed by atoms with E-state index < -0.39 is 12.3 Å². The lowest BCUT2D eigenvalue weighted by molar-refractivity contribution is -0.396. The number of hydrogen-bond donors (Lipinski definition) is 0. The molecule has 0 amide bonds. The maximum atomic E-state index is 5.95. The summed E-state index contributed by atoms with van der Waals surface area (Å²) in [5, 5.41) is 0. The molecule has 0 aromatic heterocycles. The molecule has 24 heavy (non-hydrogen) atoms. The summed E-state index contributed by atoms with van der Waals surface area (Å²) in [6.45, 7) is 11.8. The van der Waals surface area contributed by atoms with Gasteiger partial charge in [0.05, 0.1) is 19.3 Å². The molecular formula is C18H38O6. The minimum absolute atomic E-state index is 0.0141. The van der Waals surface area contributed by atoms with E-state index in [4.69, 9.17) is 28.7 Å². The number of ether oxygens (including phenoxy) is 4. The molecule has 0 bridgehead atoms. The van der Waals surface area contributed by atoms with Crippen LogP contribution in [0.5, 0.6) is 0 Å². The minimum atomic E-state index is -1.000. The highest BCUT2D eigenvalue weighted by Crippen LogP contribution is 2.26. The molecule has 0 heterocycles. The zero-order chi connectivity index (χ0) is 18.3. The van der Waals surface area contributed by atoms with E-state index in [0.29, 0.717) is 32.7 Å². The molecule has 0 spiro atoms. The molecule has 0 aliphatic heterocycles. The lowest BCUT2D eigenvalue weighted by atomic mass is 10.2. The van der Waals surface area contributed by atoms with Crippen LogP contribution in [-0.2, 0) is 28.7 Å². The monoisotopic (exact) mass is 350 g/mol. The normalized spacial score (nSPS) is 15.6. The van der Waals surface area contributed by atoms with E-state index in [9.17, 15) is 0 Å². The van der Waals surface area contributed by atoms with Gasteiger partial charge in [0.2, 0.25) is 0 Å². The zero-order valence-corrected chi connectivity index (χ0v) is 16.5. The third kappa shape index (κ3) is 11.3. The Bertz CT molecular complexity index is 274. The fourth-order valence-corrected chi connectivity index (χ4v) is 2.17. The highest BCUT2D eigenvalue weighted by molar-refractivity contribution is 4.62. The standard InChI is InChI=1S/C18H38O6/c1-7-10-15-22-24-17(19-6)12-11-13-18(20-9-3,21-14-8-2)23-16(4)5/h16-17H,7-15H2,1-6H3. The molecule has 0 radical (unpaired) electrons. The van der Waals surface area contributed by atoms with Gasteiger partial charge in [-0.1, -0.05) is 20.3 Å². The van der Waals surface area contributed by atoms with Crippen LogP contribution in [-0.4, -0.2) is 45.3 Å². The van der Waals surface area contributed by atoms with Crippen LogP contribution >= 0.6 is 0 Å². The van der Waals surface area contributed by atoms with Crippen molar-refractivity contribution in [2.45, 2.75) is 91.5 Å². The van der Waals surface area contributed by atoms with Crippen LogP contribution in [0.3, 0.4) is 0 Å². The van der Waals surface area contributed by atoms with Gasteiger partial charge in [-0.3, -0.25) is 0 Å². The van der Waals surface area contributed by atoms with Crippen molar-refractivity contribution in [2.24, 2.45) is 0 Å². The molecule has 0 rings (SSSR count). The summed E-state index contributed by atoms with van der Waals surface area (Å²) >= 11 is 0. The second-order valence-electron chi connectivity index (χ2n) is 5.96. The SMILES string of the molecule is CCCCOOC(CCCC(OCC)(OCCC)OC(C)C)OC. The van der Waals surface area contributed by atoms with Crippen molar-refractivity contribution >= 4 is 0 Å². The molecule has 0 aromatic carbocycles. The molecule has 6 nitrogen and oxygen atoms in total. The van der Waals surface area contributed by atoms with Crippen molar-refractivity contribution in [2.75, 3.05) is 26.9 Å². The molecule has 0 aliphatic rings. The quantitative estimate of drug-likeness (QED) is 0.167. The predicted octanol–water partition coefficient (Wildman–Crippen LogP) is 4.42. The minimum Gasteiger partial charge on any atom is -0.353 e. The third-order valence-electron chi connectivity index (χ3n) is 3.25. The van der Waals surface area contributed by atoms with E-state index in [2.05, 4.69) is 13.8 Å². The van der Waals surface area contributed by atoms with Gasteiger partial charge >= 0.3 is 0 Å². The van der Waals surface area contributed by atoms with Gasteiger partial charge in [0.25, 0.3) is 5.97 Å². The first-order valence-corrected chi connectivity index (χ1v) is 9.30. The van der Waals surface area contributed by atoms with Crippen molar-refractivity contribution in [3.8, 4) is 0 Å². The number of methoxy groups -OCH3 is 1. The second kappa shape index (κ2) is 15.0. The Kier molecular flexibility index (Phi) is 14.9. The van der Waals surface area contributed by atoms with Crippen molar-refractivity contribution in [1.82, 2.24) is 0 Å². The average Bonchev–Trinajstić information content (AvgIpc) is 2.55. The Morgan fingerprint density at radius 3 is 2.21 bits per heavy atom. The topological polar surface area (TPSA) is 55.4 Å². The number of rotatable bonds is 17. The molecule has 0 aromatic rings. The Balaban J connectivity index is 4.43. The maximum Gasteiger partial charge on any atom is 0.283 e. The van der Waals surface area contributed by atoms with Crippen LogP contribution in [0, 0.1) is 0 Å². The van der Waals surface area contributed by atoms with Gasteiger partial charge in [-0.05, 0) is 40.0 Å². The number of unbranched alkanes of at least 4 members (excludes halogenated alkanes) is 1. The summed E-state index contributed by atoms with van der Waals surface area (Å²) in [7, 11) is 1.61. The van der Waals surface area contributed by atoms with Crippen LogP contribution in [0.2, 0.25) is 0 Å². The molecule has 0 saturated heterocycles. The molecule has 2 unspecified atom stereocenters. The Morgan fingerprint density at radius 1 is 0.917 bits per heavy atom. The summed E-state index contributed by atoms with van der Waals surface area (Å²) in [4.78, 5) is 10.5. The summed E-state index contributed by atoms with van der Waals surface area (Å²) in [6.07, 6.45) is 4.62. The van der Waals surface area contributed by atoms with E-state index in [-0.39, 0.29) is 6.10 Å². The molecule has 146 valence electrons. The number of hydrogen-bond acceptors (Lipinski definition) is 6. The zero-order valence-electron chi connectivity index (χ0n) is 16.5. The molecule has 0 N–H and O–H groups in total. The first-order valence-electron chi connectivity index (χ1n) is 9.30. The smallest absolute Gasteiger partial charge is 0.283 e. The Labute approximate surface area is 148 Å². The Morgan fingerprint density at radius 2 is 1.67 bits per heavy atom. The van der Waals surface area contributed by atoms with E-state index >= 15 is 0 Å². The molecule has 0 aliphatic carbocycles. The van der Waals surface area contributed by atoms with Crippen LogP contribution in [0.4, 0.5) is 0 Å². The van der Waals surface area contributed by atoms with Crippen LogP contribution < -0.4 is 0 Å². The largest absolute Gasteiger partial charge is 0.353 e. The fourth-order valence-electron chi connectivity index (χ4n) is 2.17. The summed E-state index contributed by atoms with van der Waals surface area (Å²) in [6, 6.07) is 0. The lowest BCUT2D eigenvalue weighted by Gasteiger charge is -2.35. The average molecular weight is 350 g/mol. The van der Waals surface area contributed by atoms with E-state index in [1.165, 1.54) is 0 Å². The first-order chi connectivity index (χ1) is 11.5. The molecular weight excluding hydrogens is 312 g/mol. The summed E-state index contributed by atoms with van der Waals surface area (Å²) in [5.41, 5.74) is 0. The van der Waals surface area contributed by atoms with Crippen molar-refractivity contribution < 1.29 is 28.7 Å². The van der Waals surface area contributed by atoms with Gasteiger partial charge in [0, 0.05) is 26.6 Å². The van der Waals surface area contributed by atoms with Crippen LogP contribution in [0.15, 0.2) is 0 Å². The van der Waals surface area contributed by atoms with Gasteiger partial charge in [-0.15, -0.1) is 0 Å². The van der Waals surface area contributed by atoms with Gasteiger partial charge < -0.3 is 18.9 Å².